The number of nitrogens with one attached hydrogen (secondary N) is 1. The van der Waals surface area contributed by atoms with E-state index in [9.17, 15) is 9.18 Å². The van der Waals surface area contributed by atoms with E-state index < -0.39 is 18.5 Å². The van der Waals surface area contributed by atoms with E-state index in [0.717, 1.165) is 0 Å². The topological polar surface area (TPSA) is 69.6 Å². The molecule has 11 heavy (non-hydrogen) atoms. The molecular formula is C6H10FNO3. The maximum atomic E-state index is 12.4. The molecule has 0 spiro atoms. The Kier molecular flexibility index (Phi) is 4.21. The van der Waals surface area contributed by atoms with Gasteiger partial charge in [-0.25, -0.2) is 9.18 Å². The first kappa shape index (κ1) is 9.90. The monoisotopic (exact) mass is 163 g/mol. The van der Waals surface area contributed by atoms with Crippen molar-refractivity contribution in [1.29, 1.82) is 0 Å². The molecule has 0 fully saturated rings. The normalized spacial score (nSPS) is 12.3. The lowest BCUT2D eigenvalue weighted by atomic mass is 10.3. The maximum Gasteiger partial charge on any atom is 0.404 e. The van der Waals surface area contributed by atoms with Crippen LogP contribution in [0.15, 0.2) is 11.4 Å². The van der Waals surface area contributed by atoms with E-state index in [1.54, 1.807) is 0 Å². The Hall–Kier alpha value is -1.10. The standard InChI is InChI=1S/C6H10FNO3/c1-4(5(7)3-9)2-8-6(10)11/h8-9H,2-3H2,1H3,(H,10,11)/b5-4-. The van der Waals surface area contributed by atoms with Gasteiger partial charge in [0.05, 0.1) is 6.61 Å². The molecule has 0 rings (SSSR count). The minimum atomic E-state index is -1.21. The largest absolute Gasteiger partial charge is 0.465 e. The molecule has 5 heteroatoms. The summed E-state index contributed by atoms with van der Waals surface area (Å²) < 4.78 is 12.4. The summed E-state index contributed by atoms with van der Waals surface area (Å²) in [7, 11) is 0. The van der Waals surface area contributed by atoms with Crippen LogP contribution in [0.2, 0.25) is 0 Å². The van der Waals surface area contributed by atoms with Crippen molar-refractivity contribution in [3.05, 3.63) is 11.4 Å². The first-order valence-corrected chi connectivity index (χ1v) is 2.99. The summed E-state index contributed by atoms with van der Waals surface area (Å²) in [5.74, 6) is -0.696. The highest BCUT2D eigenvalue weighted by Crippen LogP contribution is 2.02. The molecule has 0 saturated heterocycles. The van der Waals surface area contributed by atoms with Crippen LogP contribution in [0.5, 0.6) is 0 Å². The smallest absolute Gasteiger partial charge is 0.404 e. The van der Waals surface area contributed by atoms with Gasteiger partial charge in [-0.3, -0.25) is 0 Å². The number of halogens is 1. The number of rotatable bonds is 3. The molecule has 4 nitrogen and oxygen atoms in total. The molecule has 0 heterocycles. The third kappa shape index (κ3) is 4.32. The maximum absolute atomic E-state index is 12.4. The summed E-state index contributed by atoms with van der Waals surface area (Å²) in [6.07, 6.45) is -1.21. The first-order chi connectivity index (χ1) is 5.07. The van der Waals surface area contributed by atoms with Gasteiger partial charge in [-0.15, -0.1) is 0 Å². The Balaban J connectivity index is 3.85. The van der Waals surface area contributed by atoms with Gasteiger partial charge in [0.1, 0.15) is 5.83 Å². The van der Waals surface area contributed by atoms with E-state index in [1.165, 1.54) is 6.92 Å². The van der Waals surface area contributed by atoms with Crippen molar-refractivity contribution < 1.29 is 19.4 Å². The SMILES string of the molecule is C/C(CNC(=O)O)=C(/F)CO. The molecule has 0 aliphatic carbocycles. The predicted molar refractivity (Wildman–Crippen MR) is 36.9 cm³/mol. The Morgan fingerprint density at radius 2 is 2.18 bits per heavy atom. The lowest BCUT2D eigenvalue weighted by Crippen LogP contribution is -2.23. The number of amides is 1. The van der Waals surface area contributed by atoms with Gasteiger partial charge in [0, 0.05) is 6.54 Å². The molecule has 64 valence electrons. The number of hydrogen-bond acceptors (Lipinski definition) is 2. The van der Waals surface area contributed by atoms with Gasteiger partial charge in [0.2, 0.25) is 0 Å². The molecule has 0 bridgehead atoms. The zero-order valence-electron chi connectivity index (χ0n) is 6.09. The summed E-state index contributed by atoms with van der Waals surface area (Å²) in [4.78, 5) is 9.90. The fourth-order valence-electron chi connectivity index (χ4n) is 0.439. The van der Waals surface area contributed by atoms with Crippen molar-refractivity contribution >= 4 is 6.09 Å². The summed E-state index contributed by atoms with van der Waals surface area (Å²) in [6, 6.07) is 0. The minimum absolute atomic E-state index is 0.0955. The lowest BCUT2D eigenvalue weighted by Gasteiger charge is -2.01. The van der Waals surface area contributed by atoms with Gasteiger partial charge in [0.25, 0.3) is 0 Å². The molecule has 3 N–H and O–H groups in total. The van der Waals surface area contributed by atoms with Gasteiger partial charge >= 0.3 is 6.09 Å². The van der Waals surface area contributed by atoms with Crippen LogP contribution >= 0.6 is 0 Å². The number of carbonyl (C=O) groups is 1. The second-order valence-corrected chi connectivity index (χ2v) is 2.00. The Bertz CT molecular complexity index is 179. The molecule has 0 aromatic heterocycles. The van der Waals surface area contributed by atoms with E-state index in [-0.39, 0.29) is 12.1 Å². The Morgan fingerprint density at radius 1 is 1.64 bits per heavy atom. The van der Waals surface area contributed by atoms with Crippen LogP contribution in [0.3, 0.4) is 0 Å². The highest BCUT2D eigenvalue weighted by Gasteiger charge is 2.00. The summed E-state index contributed by atoms with van der Waals surface area (Å²) in [5.41, 5.74) is 0.190. The van der Waals surface area contributed by atoms with Crippen LogP contribution in [0.25, 0.3) is 0 Å². The lowest BCUT2D eigenvalue weighted by molar-refractivity contribution is 0.195. The molecule has 0 aromatic carbocycles. The first-order valence-electron chi connectivity index (χ1n) is 2.99. The van der Waals surface area contributed by atoms with Crippen LogP contribution in [0.4, 0.5) is 9.18 Å². The van der Waals surface area contributed by atoms with Crippen molar-refractivity contribution in [2.24, 2.45) is 0 Å². The van der Waals surface area contributed by atoms with Crippen molar-refractivity contribution in [3.63, 3.8) is 0 Å². The Labute approximate surface area is 63.3 Å². The van der Waals surface area contributed by atoms with Crippen molar-refractivity contribution in [1.82, 2.24) is 5.32 Å². The highest BCUT2D eigenvalue weighted by atomic mass is 19.1. The minimum Gasteiger partial charge on any atom is -0.465 e. The van der Waals surface area contributed by atoms with Gasteiger partial charge < -0.3 is 15.5 Å². The van der Waals surface area contributed by atoms with Crippen molar-refractivity contribution in [3.8, 4) is 0 Å². The fraction of sp³-hybridized carbons (Fsp3) is 0.500. The zero-order chi connectivity index (χ0) is 8.85. The van der Waals surface area contributed by atoms with Gasteiger partial charge in [0.15, 0.2) is 0 Å². The molecule has 0 aliphatic rings. The van der Waals surface area contributed by atoms with Crippen LogP contribution in [0, 0.1) is 0 Å². The zero-order valence-corrected chi connectivity index (χ0v) is 6.09. The molecule has 0 aromatic rings. The third-order valence-corrected chi connectivity index (χ3v) is 1.11. The fourth-order valence-corrected chi connectivity index (χ4v) is 0.439. The van der Waals surface area contributed by atoms with Crippen molar-refractivity contribution in [2.75, 3.05) is 13.2 Å². The van der Waals surface area contributed by atoms with E-state index in [4.69, 9.17) is 10.2 Å². The molecule has 0 radical (unpaired) electrons. The quantitative estimate of drug-likeness (QED) is 0.567. The molecule has 1 amide bonds. The average molecular weight is 163 g/mol. The summed E-state index contributed by atoms with van der Waals surface area (Å²) in [6.45, 7) is 0.621. The van der Waals surface area contributed by atoms with E-state index >= 15 is 0 Å². The van der Waals surface area contributed by atoms with Crippen LogP contribution < -0.4 is 5.32 Å². The number of carboxylic acid groups (broad SMARTS) is 1. The highest BCUT2D eigenvalue weighted by molar-refractivity contribution is 5.64. The van der Waals surface area contributed by atoms with E-state index in [0.29, 0.717) is 0 Å². The second kappa shape index (κ2) is 4.68. The molecule has 0 unspecified atom stereocenters. The average Bonchev–Trinajstić information content (AvgIpc) is 1.98. The Morgan fingerprint density at radius 3 is 2.55 bits per heavy atom. The van der Waals surface area contributed by atoms with E-state index in [2.05, 4.69) is 0 Å². The molecule has 0 aliphatic heterocycles. The number of hydrogen-bond donors (Lipinski definition) is 3. The molecular weight excluding hydrogens is 153 g/mol. The second-order valence-electron chi connectivity index (χ2n) is 2.00. The molecule has 0 saturated carbocycles. The third-order valence-electron chi connectivity index (χ3n) is 1.11. The molecule has 0 atom stereocenters. The van der Waals surface area contributed by atoms with Gasteiger partial charge in [-0.1, -0.05) is 0 Å². The summed E-state index contributed by atoms with van der Waals surface area (Å²) >= 11 is 0. The predicted octanol–water partition coefficient (Wildman–Crippen LogP) is 0.490. The van der Waals surface area contributed by atoms with Gasteiger partial charge in [-0.05, 0) is 12.5 Å². The van der Waals surface area contributed by atoms with E-state index in [1.807, 2.05) is 5.32 Å². The number of aliphatic hydroxyl groups excluding tert-OH is 1. The van der Waals surface area contributed by atoms with Crippen LogP contribution in [-0.4, -0.2) is 29.5 Å². The van der Waals surface area contributed by atoms with Crippen LogP contribution in [-0.2, 0) is 0 Å². The summed E-state index contributed by atoms with van der Waals surface area (Å²) in [5, 5.41) is 18.3. The van der Waals surface area contributed by atoms with Crippen LogP contribution in [0.1, 0.15) is 6.92 Å². The number of aliphatic hydroxyl groups is 1. The van der Waals surface area contributed by atoms with Gasteiger partial charge in [-0.2, -0.15) is 0 Å². The van der Waals surface area contributed by atoms with Crippen molar-refractivity contribution in [2.45, 2.75) is 6.92 Å².